The first-order valence-electron chi connectivity index (χ1n) is 10.0. The Morgan fingerprint density at radius 3 is 2.41 bits per heavy atom. The normalized spacial score (nSPS) is 22.9. The molecule has 5 nitrogen and oxygen atoms in total. The van der Waals surface area contributed by atoms with E-state index < -0.39 is 0 Å². The molecule has 1 fully saturated rings. The van der Waals surface area contributed by atoms with Gasteiger partial charge in [0, 0.05) is 23.6 Å². The van der Waals surface area contributed by atoms with Gasteiger partial charge in [0.25, 0.3) is 5.91 Å². The van der Waals surface area contributed by atoms with Gasteiger partial charge in [-0.05, 0) is 65.5 Å². The van der Waals surface area contributed by atoms with Gasteiger partial charge in [0.05, 0.1) is 12.1 Å². The van der Waals surface area contributed by atoms with Crippen LogP contribution < -0.4 is 10.6 Å². The molecule has 0 aliphatic heterocycles. The van der Waals surface area contributed by atoms with E-state index in [1.165, 1.54) is 0 Å². The van der Waals surface area contributed by atoms with E-state index in [1.807, 2.05) is 52.0 Å². The summed E-state index contributed by atoms with van der Waals surface area (Å²) in [7, 11) is 0. The van der Waals surface area contributed by atoms with E-state index >= 15 is 0 Å². The third-order valence-corrected chi connectivity index (χ3v) is 4.83. The average Bonchev–Trinajstić information content (AvgIpc) is 2.59. The summed E-state index contributed by atoms with van der Waals surface area (Å²) < 4.78 is 6.02. The molecule has 150 valence electrons. The molecule has 1 aliphatic rings. The second kappa shape index (κ2) is 9.36. The number of rotatable bonds is 6. The molecule has 1 aromatic carbocycles. The predicted molar refractivity (Wildman–Crippen MR) is 108 cm³/mol. The Labute approximate surface area is 163 Å². The summed E-state index contributed by atoms with van der Waals surface area (Å²) in [4.78, 5) is 25.2. The monoisotopic (exact) mass is 374 g/mol. The van der Waals surface area contributed by atoms with Gasteiger partial charge in [-0.25, -0.2) is 0 Å². The molecule has 0 aromatic heterocycles. The fourth-order valence-electron chi connectivity index (χ4n) is 3.41. The number of carbonyl (C=O) groups excluding carboxylic acids is 2. The molecule has 2 rings (SSSR count). The van der Waals surface area contributed by atoms with Crippen LogP contribution in [0.2, 0.25) is 0 Å². The Hall–Kier alpha value is -1.88. The molecular formula is C22H34N2O3. The summed E-state index contributed by atoms with van der Waals surface area (Å²) in [5, 5.41) is 6.20. The first kappa shape index (κ1) is 21.4. The Bertz CT molecular complexity index is 634. The highest BCUT2D eigenvalue weighted by Crippen LogP contribution is 2.28. The SMILES string of the molecule is CCCO[C@@H]1C[C@@H](C(=O)NC(C)(C)C)CC[C@H]1NC(=O)c1ccc(C)cc1. The number of nitrogens with one attached hydrogen (secondary N) is 2. The predicted octanol–water partition coefficient (Wildman–Crippen LogP) is 3.60. The van der Waals surface area contributed by atoms with E-state index in [1.54, 1.807) is 0 Å². The lowest BCUT2D eigenvalue weighted by atomic mass is 9.82. The van der Waals surface area contributed by atoms with Crippen molar-refractivity contribution in [2.45, 2.75) is 78.0 Å². The third-order valence-electron chi connectivity index (χ3n) is 4.83. The molecule has 0 radical (unpaired) electrons. The highest BCUT2D eigenvalue weighted by Gasteiger charge is 2.36. The van der Waals surface area contributed by atoms with Gasteiger partial charge in [-0.15, -0.1) is 0 Å². The van der Waals surface area contributed by atoms with Crippen LogP contribution >= 0.6 is 0 Å². The topological polar surface area (TPSA) is 67.4 Å². The summed E-state index contributed by atoms with van der Waals surface area (Å²) in [6.07, 6.45) is 2.92. The molecule has 1 aliphatic carbocycles. The van der Waals surface area contributed by atoms with Gasteiger partial charge < -0.3 is 15.4 Å². The molecule has 0 unspecified atom stereocenters. The molecular weight excluding hydrogens is 340 g/mol. The molecule has 0 saturated heterocycles. The minimum atomic E-state index is -0.243. The second-order valence-corrected chi connectivity index (χ2v) is 8.60. The highest BCUT2D eigenvalue weighted by molar-refractivity contribution is 5.94. The lowest BCUT2D eigenvalue weighted by Gasteiger charge is -2.37. The summed E-state index contributed by atoms with van der Waals surface area (Å²) in [5.74, 6) is -0.0720. The number of ether oxygens (including phenoxy) is 1. The van der Waals surface area contributed by atoms with Crippen LogP contribution in [0.4, 0.5) is 0 Å². The van der Waals surface area contributed by atoms with Gasteiger partial charge in [0.15, 0.2) is 0 Å². The van der Waals surface area contributed by atoms with Crippen LogP contribution in [0, 0.1) is 12.8 Å². The molecule has 2 amide bonds. The average molecular weight is 375 g/mol. The van der Waals surface area contributed by atoms with Gasteiger partial charge in [-0.2, -0.15) is 0 Å². The van der Waals surface area contributed by atoms with E-state index in [0.29, 0.717) is 18.6 Å². The Balaban J connectivity index is 2.02. The Morgan fingerprint density at radius 1 is 1.15 bits per heavy atom. The van der Waals surface area contributed by atoms with Crippen molar-refractivity contribution < 1.29 is 14.3 Å². The molecule has 5 heteroatoms. The third kappa shape index (κ3) is 6.65. The number of carbonyl (C=O) groups is 2. The lowest BCUT2D eigenvalue weighted by molar-refractivity contribution is -0.129. The van der Waals surface area contributed by atoms with Crippen LogP contribution in [0.25, 0.3) is 0 Å². The van der Waals surface area contributed by atoms with Crippen molar-refractivity contribution in [2.75, 3.05) is 6.61 Å². The maximum atomic E-state index is 12.6. The Kier molecular flexibility index (Phi) is 7.42. The van der Waals surface area contributed by atoms with Crippen LogP contribution in [0.15, 0.2) is 24.3 Å². The minimum absolute atomic E-state index is 0.0657. The first-order chi connectivity index (χ1) is 12.7. The van der Waals surface area contributed by atoms with E-state index in [-0.39, 0.29) is 35.4 Å². The lowest BCUT2D eigenvalue weighted by Crippen LogP contribution is -2.52. The molecule has 3 atom stereocenters. The smallest absolute Gasteiger partial charge is 0.251 e. The van der Waals surface area contributed by atoms with Crippen molar-refractivity contribution in [1.29, 1.82) is 0 Å². The molecule has 27 heavy (non-hydrogen) atoms. The van der Waals surface area contributed by atoms with E-state index in [2.05, 4.69) is 17.6 Å². The van der Waals surface area contributed by atoms with E-state index in [9.17, 15) is 9.59 Å². The standard InChI is InChI=1S/C22H34N2O3/c1-6-13-27-19-14-17(21(26)24-22(3,4)5)11-12-18(19)23-20(25)16-9-7-15(2)8-10-16/h7-10,17-19H,6,11-14H2,1-5H3,(H,23,25)(H,24,26)/t17-,18+,19+/m0/s1. The molecule has 0 spiro atoms. The van der Waals surface area contributed by atoms with E-state index in [4.69, 9.17) is 4.74 Å². The van der Waals surface area contributed by atoms with Gasteiger partial charge >= 0.3 is 0 Å². The largest absolute Gasteiger partial charge is 0.376 e. The summed E-state index contributed by atoms with van der Waals surface area (Å²) in [5.41, 5.74) is 1.54. The quantitative estimate of drug-likeness (QED) is 0.799. The zero-order valence-electron chi connectivity index (χ0n) is 17.3. The van der Waals surface area contributed by atoms with Crippen molar-refractivity contribution >= 4 is 11.8 Å². The van der Waals surface area contributed by atoms with Crippen LogP contribution in [0.3, 0.4) is 0 Å². The summed E-state index contributed by atoms with van der Waals surface area (Å²) in [6.45, 7) is 10.7. The van der Waals surface area contributed by atoms with Crippen molar-refractivity contribution in [3.8, 4) is 0 Å². The number of hydrogen-bond donors (Lipinski definition) is 2. The maximum Gasteiger partial charge on any atom is 0.251 e. The highest BCUT2D eigenvalue weighted by atomic mass is 16.5. The van der Waals surface area contributed by atoms with Crippen molar-refractivity contribution in [3.05, 3.63) is 35.4 Å². The van der Waals surface area contributed by atoms with Crippen LogP contribution in [-0.4, -0.2) is 36.1 Å². The number of aryl methyl sites for hydroxylation is 1. The fourth-order valence-corrected chi connectivity index (χ4v) is 3.41. The second-order valence-electron chi connectivity index (χ2n) is 8.60. The summed E-state index contributed by atoms with van der Waals surface area (Å²) >= 11 is 0. The molecule has 0 heterocycles. The molecule has 1 saturated carbocycles. The van der Waals surface area contributed by atoms with Crippen molar-refractivity contribution in [3.63, 3.8) is 0 Å². The van der Waals surface area contributed by atoms with Gasteiger partial charge in [-0.1, -0.05) is 24.6 Å². The zero-order chi connectivity index (χ0) is 20.0. The van der Waals surface area contributed by atoms with Crippen LogP contribution in [-0.2, 0) is 9.53 Å². The zero-order valence-corrected chi connectivity index (χ0v) is 17.3. The van der Waals surface area contributed by atoms with Crippen LogP contribution in [0.1, 0.15) is 69.3 Å². The van der Waals surface area contributed by atoms with Gasteiger partial charge in [0.2, 0.25) is 5.91 Å². The maximum absolute atomic E-state index is 12.6. The van der Waals surface area contributed by atoms with Gasteiger partial charge in [0.1, 0.15) is 0 Å². The van der Waals surface area contributed by atoms with Crippen molar-refractivity contribution in [2.24, 2.45) is 5.92 Å². The summed E-state index contributed by atoms with van der Waals surface area (Å²) in [6, 6.07) is 7.50. The first-order valence-corrected chi connectivity index (χ1v) is 10.0. The number of amides is 2. The van der Waals surface area contributed by atoms with Crippen molar-refractivity contribution in [1.82, 2.24) is 10.6 Å². The van der Waals surface area contributed by atoms with Gasteiger partial charge in [-0.3, -0.25) is 9.59 Å². The Morgan fingerprint density at radius 2 is 1.81 bits per heavy atom. The fraction of sp³-hybridized carbons (Fsp3) is 0.636. The molecule has 1 aromatic rings. The minimum Gasteiger partial charge on any atom is -0.376 e. The van der Waals surface area contributed by atoms with E-state index in [0.717, 1.165) is 24.8 Å². The number of benzene rings is 1. The molecule has 0 bridgehead atoms. The molecule has 2 N–H and O–H groups in total. The van der Waals surface area contributed by atoms with Crippen LogP contribution in [0.5, 0.6) is 0 Å². The number of hydrogen-bond acceptors (Lipinski definition) is 3.